The van der Waals surface area contributed by atoms with E-state index in [1.165, 1.54) is 23.7 Å². The summed E-state index contributed by atoms with van der Waals surface area (Å²) < 4.78 is 12.9. The molecule has 0 fully saturated rings. The molecular formula is C17H26N2O2. The fourth-order valence-electron chi connectivity index (χ4n) is 2.46. The Hall–Kier alpha value is -1.52. The largest absolute Gasteiger partial charge is 0.494 e. The van der Waals surface area contributed by atoms with Gasteiger partial charge in [0.05, 0.1) is 13.2 Å². The van der Waals surface area contributed by atoms with E-state index in [1.807, 2.05) is 6.92 Å². The van der Waals surface area contributed by atoms with Crippen molar-refractivity contribution in [1.29, 1.82) is 0 Å². The summed E-state index contributed by atoms with van der Waals surface area (Å²) in [7, 11) is 1.73. The minimum atomic E-state index is 0.711. The molecule has 21 heavy (non-hydrogen) atoms. The molecule has 0 saturated heterocycles. The van der Waals surface area contributed by atoms with E-state index < -0.39 is 0 Å². The molecule has 0 bridgehead atoms. The molecule has 0 aliphatic rings. The minimum Gasteiger partial charge on any atom is -0.494 e. The zero-order valence-corrected chi connectivity index (χ0v) is 13.1. The second-order valence-electron chi connectivity index (χ2n) is 5.11. The number of aryl methyl sites for hydroxylation is 1. The summed E-state index contributed by atoms with van der Waals surface area (Å²) in [4.78, 5) is 0. The molecule has 0 radical (unpaired) electrons. The van der Waals surface area contributed by atoms with Crippen molar-refractivity contribution in [2.24, 2.45) is 0 Å². The zero-order valence-electron chi connectivity index (χ0n) is 13.1. The summed E-state index contributed by atoms with van der Waals surface area (Å²) in [6, 6.07) is 8.47. The number of aromatic nitrogens is 1. The number of unbranched alkanes of at least 4 members (excludes halogenated alkanes) is 1. The van der Waals surface area contributed by atoms with Crippen LogP contribution in [0.3, 0.4) is 0 Å². The summed E-state index contributed by atoms with van der Waals surface area (Å²) in [5.74, 6) is 0.949. The monoisotopic (exact) mass is 290 g/mol. The molecule has 2 aromatic rings. The Morgan fingerprint density at radius 2 is 2.05 bits per heavy atom. The Morgan fingerprint density at radius 3 is 2.86 bits per heavy atom. The van der Waals surface area contributed by atoms with Gasteiger partial charge in [0.2, 0.25) is 0 Å². The molecule has 116 valence electrons. The van der Waals surface area contributed by atoms with E-state index in [0.29, 0.717) is 6.61 Å². The molecule has 0 amide bonds. The van der Waals surface area contributed by atoms with Gasteiger partial charge in [0, 0.05) is 37.3 Å². The third-order valence-corrected chi connectivity index (χ3v) is 3.54. The lowest BCUT2D eigenvalue weighted by Crippen LogP contribution is -2.20. The first kappa shape index (κ1) is 15.9. The predicted octanol–water partition coefficient (Wildman–Crippen LogP) is 3.06. The van der Waals surface area contributed by atoms with E-state index in [-0.39, 0.29) is 0 Å². The van der Waals surface area contributed by atoms with Crippen molar-refractivity contribution in [3.05, 3.63) is 30.5 Å². The smallest absolute Gasteiger partial charge is 0.120 e. The van der Waals surface area contributed by atoms with Crippen LogP contribution < -0.4 is 10.1 Å². The van der Waals surface area contributed by atoms with E-state index in [2.05, 4.69) is 40.3 Å². The van der Waals surface area contributed by atoms with Gasteiger partial charge in [-0.1, -0.05) is 0 Å². The van der Waals surface area contributed by atoms with E-state index >= 15 is 0 Å². The highest BCUT2D eigenvalue weighted by atomic mass is 16.5. The van der Waals surface area contributed by atoms with Gasteiger partial charge in [-0.2, -0.15) is 0 Å². The predicted molar refractivity (Wildman–Crippen MR) is 87.1 cm³/mol. The van der Waals surface area contributed by atoms with Crippen LogP contribution in [0.1, 0.15) is 19.8 Å². The van der Waals surface area contributed by atoms with Crippen LogP contribution in [-0.4, -0.2) is 38.0 Å². The van der Waals surface area contributed by atoms with E-state index in [0.717, 1.165) is 32.0 Å². The fourth-order valence-corrected chi connectivity index (χ4v) is 2.46. The number of hydrogen-bond acceptors (Lipinski definition) is 3. The average molecular weight is 290 g/mol. The van der Waals surface area contributed by atoms with Crippen LogP contribution >= 0.6 is 0 Å². The maximum absolute atomic E-state index is 5.54. The van der Waals surface area contributed by atoms with Crippen molar-refractivity contribution in [2.75, 3.05) is 33.4 Å². The van der Waals surface area contributed by atoms with Crippen LogP contribution in [0.15, 0.2) is 30.5 Å². The molecule has 4 heteroatoms. The molecule has 0 aliphatic heterocycles. The summed E-state index contributed by atoms with van der Waals surface area (Å²) >= 11 is 0. The first-order chi connectivity index (χ1) is 10.3. The molecule has 0 atom stereocenters. The van der Waals surface area contributed by atoms with Gasteiger partial charge in [0.1, 0.15) is 5.75 Å². The number of rotatable bonds is 10. The molecule has 4 nitrogen and oxygen atoms in total. The Kier molecular flexibility index (Phi) is 6.57. The van der Waals surface area contributed by atoms with E-state index in [1.54, 1.807) is 7.11 Å². The lowest BCUT2D eigenvalue weighted by molar-refractivity contribution is 0.199. The number of fused-ring (bicyclic) bond motifs is 1. The Labute approximate surface area is 127 Å². The number of benzene rings is 1. The van der Waals surface area contributed by atoms with Crippen molar-refractivity contribution in [3.8, 4) is 5.75 Å². The zero-order chi connectivity index (χ0) is 14.9. The second-order valence-corrected chi connectivity index (χ2v) is 5.11. The third-order valence-electron chi connectivity index (χ3n) is 3.54. The summed E-state index contributed by atoms with van der Waals surface area (Å²) in [6.45, 7) is 6.55. The van der Waals surface area contributed by atoms with Gasteiger partial charge in [0.25, 0.3) is 0 Å². The molecule has 0 spiro atoms. The van der Waals surface area contributed by atoms with Crippen molar-refractivity contribution in [2.45, 2.75) is 26.3 Å². The van der Waals surface area contributed by atoms with Gasteiger partial charge < -0.3 is 19.4 Å². The number of nitrogens with zero attached hydrogens (tertiary/aromatic N) is 1. The molecule has 1 aromatic heterocycles. The minimum absolute atomic E-state index is 0.711. The Morgan fingerprint density at radius 1 is 1.14 bits per heavy atom. The number of methoxy groups -OCH3 is 1. The van der Waals surface area contributed by atoms with Gasteiger partial charge in [-0.15, -0.1) is 0 Å². The average Bonchev–Trinajstić information content (AvgIpc) is 2.89. The maximum atomic E-state index is 5.54. The highest BCUT2D eigenvalue weighted by molar-refractivity contribution is 5.81. The highest BCUT2D eigenvalue weighted by Crippen LogP contribution is 2.22. The number of hydrogen-bond donors (Lipinski definition) is 1. The van der Waals surface area contributed by atoms with Gasteiger partial charge >= 0.3 is 0 Å². The summed E-state index contributed by atoms with van der Waals surface area (Å²) in [5.41, 5.74) is 1.28. The van der Waals surface area contributed by atoms with E-state index in [9.17, 15) is 0 Å². The number of ether oxygens (including phenoxy) is 2. The van der Waals surface area contributed by atoms with Crippen molar-refractivity contribution in [1.82, 2.24) is 9.88 Å². The van der Waals surface area contributed by atoms with Crippen LogP contribution in [0.25, 0.3) is 10.9 Å². The van der Waals surface area contributed by atoms with Crippen molar-refractivity contribution in [3.63, 3.8) is 0 Å². The van der Waals surface area contributed by atoms with Gasteiger partial charge in [-0.05, 0) is 50.6 Å². The second kappa shape index (κ2) is 8.70. The molecule has 0 saturated carbocycles. The quantitative estimate of drug-likeness (QED) is 0.683. The van der Waals surface area contributed by atoms with Crippen LogP contribution in [0, 0.1) is 0 Å². The standard InChI is InChI=1S/C17H26N2O2/c1-3-21-16-6-7-17-15(14-16)8-12-19(17)11-5-4-9-18-10-13-20-2/h6-8,12,14,18H,3-5,9-11,13H2,1-2H3. The lowest BCUT2D eigenvalue weighted by Gasteiger charge is -2.07. The van der Waals surface area contributed by atoms with Crippen molar-refractivity contribution >= 4 is 10.9 Å². The molecule has 1 N–H and O–H groups in total. The first-order valence-electron chi connectivity index (χ1n) is 7.76. The Bertz CT molecular complexity index is 537. The lowest BCUT2D eigenvalue weighted by atomic mass is 10.2. The SMILES string of the molecule is CCOc1ccc2c(ccn2CCCCNCCOC)c1. The van der Waals surface area contributed by atoms with Crippen molar-refractivity contribution < 1.29 is 9.47 Å². The molecule has 0 unspecified atom stereocenters. The van der Waals surface area contributed by atoms with Crippen LogP contribution in [0.5, 0.6) is 5.75 Å². The molecule has 1 aromatic carbocycles. The first-order valence-corrected chi connectivity index (χ1v) is 7.76. The topological polar surface area (TPSA) is 35.4 Å². The summed E-state index contributed by atoms with van der Waals surface area (Å²) in [5, 5.41) is 4.62. The molecular weight excluding hydrogens is 264 g/mol. The number of nitrogens with one attached hydrogen (secondary N) is 1. The van der Waals surface area contributed by atoms with Gasteiger partial charge in [0.15, 0.2) is 0 Å². The molecule has 2 rings (SSSR count). The molecule has 1 heterocycles. The fraction of sp³-hybridized carbons (Fsp3) is 0.529. The van der Waals surface area contributed by atoms with Crippen LogP contribution in [0.2, 0.25) is 0 Å². The normalized spacial score (nSPS) is 11.1. The maximum Gasteiger partial charge on any atom is 0.120 e. The molecule has 0 aliphatic carbocycles. The van der Waals surface area contributed by atoms with E-state index in [4.69, 9.17) is 9.47 Å². The summed E-state index contributed by atoms with van der Waals surface area (Å²) in [6.07, 6.45) is 4.52. The van der Waals surface area contributed by atoms with Gasteiger partial charge in [-0.25, -0.2) is 0 Å². The van der Waals surface area contributed by atoms with Crippen LogP contribution in [-0.2, 0) is 11.3 Å². The van der Waals surface area contributed by atoms with Gasteiger partial charge in [-0.3, -0.25) is 0 Å². The highest BCUT2D eigenvalue weighted by Gasteiger charge is 2.02. The Balaban J connectivity index is 1.80. The van der Waals surface area contributed by atoms with Crippen LogP contribution in [0.4, 0.5) is 0 Å². The third kappa shape index (κ3) is 4.76.